The largest absolute Gasteiger partial charge is 0.351 e. The molecule has 0 amide bonds. The van der Waals surface area contributed by atoms with Gasteiger partial charge in [-0.25, -0.2) is 4.98 Å². The van der Waals surface area contributed by atoms with Gasteiger partial charge in [0, 0.05) is 30.9 Å². The fraction of sp³-hybridized carbons (Fsp3) is 0.467. The van der Waals surface area contributed by atoms with Crippen molar-refractivity contribution in [1.82, 2.24) is 15.2 Å². The predicted octanol–water partition coefficient (Wildman–Crippen LogP) is 3.02. The zero-order valence-electron chi connectivity index (χ0n) is 12.8. The standard InChI is InChI=1S/C15H22N4S2/c1-4-14-18-12(11-21-14)10-17-15(16-2)19(3)8-7-13-6-5-9-20-13/h5-6,9,11H,4,7-8,10H2,1-3H3,(H,16,17). The van der Waals surface area contributed by atoms with Crippen molar-refractivity contribution in [3.63, 3.8) is 0 Å². The highest BCUT2D eigenvalue weighted by Crippen LogP contribution is 2.11. The van der Waals surface area contributed by atoms with E-state index < -0.39 is 0 Å². The van der Waals surface area contributed by atoms with Crippen LogP contribution in [-0.4, -0.2) is 36.5 Å². The van der Waals surface area contributed by atoms with E-state index in [1.54, 1.807) is 22.7 Å². The second kappa shape index (κ2) is 8.14. The number of thiophene rings is 1. The van der Waals surface area contributed by atoms with Crippen LogP contribution in [0.2, 0.25) is 0 Å². The maximum atomic E-state index is 4.57. The number of nitrogens with one attached hydrogen (secondary N) is 1. The maximum Gasteiger partial charge on any atom is 0.193 e. The van der Waals surface area contributed by atoms with Crippen LogP contribution < -0.4 is 5.32 Å². The van der Waals surface area contributed by atoms with Gasteiger partial charge in [0.2, 0.25) is 0 Å². The first kappa shape index (κ1) is 16.0. The Bertz CT molecular complexity index is 560. The first-order valence-electron chi connectivity index (χ1n) is 7.10. The number of aliphatic imine (C=N–C) groups is 1. The van der Waals surface area contributed by atoms with Gasteiger partial charge in [0.15, 0.2) is 5.96 Å². The fourth-order valence-electron chi connectivity index (χ4n) is 1.99. The van der Waals surface area contributed by atoms with Gasteiger partial charge in [0.1, 0.15) is 0 Å². The monoisotopic (exact) mass is 322 g/mol. The van der Waals surface area contributed by atoms with Gasteiger partial charge < -0.3 is 10.2 Å². The van der Waals surface area contributed by atoms with Crippen LogP contribution in [-0.2, 0) is 19.4 Å². The molecule has 0 atom stereocenters. The molecule has 6 heteroatoms. The highest BCUT2D eigenvalue weighted by Gasteiger charge is 2.07. The number of thiazole rings is 1. The van der Waals surface area contributed by atoms with Crippen molar-refractivity contribution in [1.29, 1.82) is 0 Å². The molecule has 0 radical (unpaired) electrons. The normalized spacial score (nSPS) is 11.7. The molecule has 0 bridgehead atoms. The summed E-state index contributed by atoms with van der Waals surface area (Å²) < 4.78 is 0. The van der Waals surface area contributed by atoms with Gasteiger partial charge >= 0.3 is 0 Å². The minimum Gasteiger partial charge on any atom is -0.351 e. The minimum absolute atomic E-state index is 0.729. The third kappa shape index (κ3) is 4.82. The first-order valence-corrected chi connectivity index (χ1v) is 8.86. The van der Waals surface area contributed by atoms with Gasteiger partial charge in [-0.05, 0) is 24.3 Å². The van der Waals surface area contributed by atoms with Crippen LogP contribution in [0, 0.1) is 0 Å². The molecule has 0 fully saturated rings. The summed E-state index contributed by atoms with van der Waals surface area (Å²) in [5.41, 5.74) is 1.09. The molecular formula is C15H22N4S2. The van der Waals surface area contributed by atoms with E-state index in [1.807, 2.05) is 7.05 Å². The number of rotatable bonds is 6. The molecule has 1 N–H and O–H groups in total. The molecule has 0 aliphatic carbocycles. The molecule has 0 aliphatic heterocycles. The van der Waals surface area contributed by atoms with Crippen molar-refractivity contribution in [2.45, 2.75) is 26.3 Å². The Labute approximate surface area is 134 Å². The summed E-state index contributed by atoms with van der Waals surface area (Å²) in [4.78, 5) is 12.5. The average Bonchev–Trinajstić information content (AvgIpc) is 3.17. The zero-order chi connectivity index (χ0) is 15.1. The van der Waals surface area contributed by atoms with E-state index in [0.717, 1.165) is 37.6 Å². The summed E-state index contributed by atoms with van der Waals surface area (Å²) in [5.74, 6) is 0.914. The number of aryl methyl sites for hydroxylation is 1. The number of nitrogens with zero attached hydrogens (tertiary/aromatic N) is 3. The molecule has 0 spiro atoms. The summed E-state index contributed by atoms with van der Waals surface area (Å²) >= 11 is 3.53. The molecule has 0 aromatic carbocycles. The van der Waals surface area contributed by atoms with Gasteiger partial charge in [0.05, 0.1) is 17.2 Å². The number of hydrogen-bond donors (Lipinski definition) is 1. The summed E-state index contributed by atoms with van der Waals surface area (Å²) in [6.07, 6.45) is 2.05. The van der Waals surface area contributed by atoms with Gasteiger partial charge in [-0.15, -0.1) is 22.7 Å². The fourth-order valence-corrected chi connectivity index (χ4v) is 3.43. The molecule has 2 aromatic rings. The van der Waals surface area contributed by atoms with E-state index in [2.05, 4.69) is 57.1 Å². The smallest absolute Gasteiger partial charge is 0.193 e. The topological polar surface area (TPSA) is 40.5 Å². The van der Waals surface area contributed by atoms with E-state index in [0.29, 0.717) is 0 Å². The van der Waals surface area contributed by atoms with Gasteiger partial charge in [0.25, 0.3) is 0 Å². The highest BCUT2D eigenvalue weighted by atomic mass is 32.1. The highest BCUT2D eigenvalue weighted by molar-refractivity contribution is 7.10. The molecule has 0 aliphatic rings. The Morgan fingerprint density at radius 1 is 1.43 bits per heavy atom. The lowest BCUT2D eigenvalue weighted by Gasteiger charge is -2.21. The minimum atomic E-state index is 0.729. The van der Waals surface area contributed by atoms with Gasteiger partial charge in [-0.1, -0.05) is 13.0 Å². The van der Waals surface area contributed by atoms with Crippen LogP contribution in [0.5, 0.6) is 0 Å². The molecular weight excluding hydrogens is 300 g/mol. The summed E-state index contributed by atoms with van der Waals surface area (Å²) in [6.45, 7) is 3.82. The quantitative estimate of drug-likeness (QED) is 0.656. The average molecular weight is 323 g/mol. The number of likely N-dealkylation sites (N-methyl/N-ethyl adjacent to an activating group) is 1. The maximum absolute atomic E-state index is 4.57. The van der Waals surface area contributed by atoms with Crippen LogP contribution in [0.1, 0.15) is 22.5 Å². The van der Waals surface area contributed by atoms with Crippen molar-refractivity contribution < 1.29 is 0 Å². The Morgan fingerprint density at radius 2 is 2.29 bits per heavy atom. The Kier molecular flexibility index (Phi) is 6.20. The molecule has 2 heterocycles. The molecule has 4 nitrogen and oxygen atoms in total. The SMILES string of the molecule is CCc1nc(CNC(=NC)N(C)CCc2cccs2)cs1. The lowest BCUT2D eigenvalue weighted by Crippen LogP contribution is -2.39. The second-order valence-corrected chi connectivity index (χ2v) is 6.71. The Balaban J connectivity index is 1.81. The Morgan fingerprint density at radius 3 is 2.90 bits per heavy atom. The van der Waals surface area contributed by atoms with Crippen LogP contribution in [0.15, 0.2) is 27.9 Å². The van der Waals surface area contributed by atoms with E-state index in [9.17, 15) is 0 Å². The van der Waals surface area contributed by atoms with Gasteiger partial charge in [-0.3, -0.25) is 4.99 Å². The van der Waals surface area contributed by atoms with E-state index in [4.69, 9.17) is 0 Å². The van der Waals surface area contributed by atoms with Crippen molar-refractivity contribution in [3.05, 3.63) is 38.5 Å². The van der Waals surface area contributed by atoms with E-state index in [1.165, 1.54) is 9.88 Å². The van der Waals surface area contributed by atoms with Crippen molar-refractivity contribution in [2.75, 3.05) is 20.6 Å². The summed E-state index contributed by atoms with van der Waals surface area (Å²) in [7, 11) is 3.89. The molecule has 0 unspecified atom stereocenters. The predicted molar refractivity (Wildman–Crippen MR) is 92.3 cm³/mol. The molecule has 0 saturated heterocycles. The van der Waals surface area contributed by atoms with Gasteiger partial charge in [-0.2, -0.15) is 0 Å². The van der Waals surface area contributed by atoms with Crippen LogP contribution in [0.25, 0.3) is 0 Å². The molecule has 2 aromatic heterocycles. The number of guanidine groups is 1. The lowest BCUT2D eigenvalue weighted by atomic mass is 10.3. The first-order chi connectivity index (χ1) is 10.2. The summed E-state index contributed by atoms with van der Waals surface area (Å²) in [6, 6.07) is 4.27. The van der Waals surface area contributed by atoms with E-state index >= 15 is 0 Å². The molecule has 21 heavy (non-hydrogen) atoms. The number of aromatic nitrogens is 1. The van der Waals surface area contributed by atoms with Crippen LogP contribution in [0.3, 0.4) is 0 Å². The molecule has 114 valence electrons. The summed E-state index contributed by atoms with van der Waals surface area (Å²) in [5, 5.41) is 8.80. The molecule has 2 rings (SSSR count). The van der Waals surface area contributed by atoms with E-state index in [-0.39, 0.29) is 0 Å². The zero-order valence-corrected chi connectivity index (χ0v) is 14.4. The third-order valence-electron chi connectivity index (χ3n) is 3.18. The van der Waals surface area contributed by atoms with Crippen LogP contribution >= 0.6 is 22.7 Å². The number of hydrogen-bond acceptors (Lipinski definition) is 4. The lowest BCUT2D eigenvalue weighted by molar-refractivity contribution is 0.486. The third-order valence-corrected chi connectivity index (χ3v) is 5.15. The Hall–Kier alpha value is -1.40. The van der Waals surface area contributed by atoms with Crippen molar-refractivity contribution in [3.8, 4) is 0 Å². The molecule has 0 saturated carbocycles. The van der Waals surface area contributed by atoms with Crippen LogP contribution in [0.4, 0.5) is 0 Å². The van der Waals surface area contributed by atoms with Crippen molar-refractivity contribution >= 4 is 28.6 Å². The van der Waals surface area contributed by atoms with Crippen molar-refractivity contribution in [2.24, 2.45) is 4.99 Å². The second-order valence-electron chi connectivity index (χ2n) is 4.74.